The predicted octanol–water partition coefficient (Wildman–Crippen LogP) is 4.21. The maximum absolute atomic E-state index is 12.6. The fourth-order valence-electron chi connectivity index (χ4n) is 3.46. The summed E-state index contributed by atoms with van der Waals surface area (Å²) in [5.74, 6) is -0.817. The molecular formula is C25H24N4O2. The van der Waals surface area contributed by atoms with E-state index in [4.69, 9.17) is 0 Å². The highest BCUT2D eigenvalue weighted by Gasteiger charge is 2.27. The first-order valence-electron chi connectivity index (χ1n) is 10.0. The number of imide groups is 1. The molecule has 1 heterocycles. The SMILES string of the molecule is CN(C)Cc1ccc(NC=C2C(=O)NC(=O)c3ccc(Nc4ccccc4)cc32)cc1. The molecule has 1 aliphatic heterocycles. The number of carbonyl (C=O) groups excluding carboxylic acids is 2. The van der Waals surface area contributed by atoms with Crippen LogP contribution in [-0.2, 0) is 11.3 Å². The van der Waals surface area contributed by atoms with Gasteiger partial charge in [0.05, 0.1) is 5.57 Å². The number of benzene rings is 3. The Balaban J connectivity index is 1.60. The van der Waals surface area contributed by atoms with Crippen LogP contribution in [0.3, 0.4) is 0 Å². The highest BCUT2D eigenvalue weighted by atomic mass is 16.2. The zero-order chi connectivity index (χ0) is 21.8. The first-order chi connectivity index (χ1) is 15.0. The van der Waals surface area contributed by atoms with Crippen LogP contribution in [0.5, 0.6) is 0 Å². The maximum Gasteiger partial charge on any atom is 0.260 e. The van der Waals surface area contributed by atoms with Crippen LogP contribution < -0.4 is 16.0 Å². The summed E-state index contributed by atoms with van der Waals surface area (Å²) in [6.07, 6.45) is 1.65. The van der Waals surface area contributed by atoms with Crippen molar-refractivity contribution >= 4 is 34.4 Å². The fraction of sp³-hybridized carbons (Fsp3) is 0.120. The predicted molar refractivity (Wildman–Crippen MR) is 124 cm³/mol. The van der Waals surface area contributed by atoms with Gasteiger partial charge >= 0.3 is 0 Å². The minimum atomic E-state index is -0.425. The molecule has 3 aromatic carbocycles. The molecule has 6 nitrogen and oxygen atoms in total. The van der Waals surface area contributed by atoms with Crippen molar-refractivity contribution in [3.63, 3.8) is 0 Å². The summed E-state index contributed by atoms with van der Waals surface area (Å²) in [6, 6.07) is 23.1. The molecule has 0 aromatic heterocycles. The van der Waals surface area contributed by atoms with Crippen LogP contribution in [0.4, 0.5) is 17.1 Å². The molecule has 0 saturated heterocycles. The van der Waals surface area contributed by atoms with Crippen LogP contribution in [0, 0.1) is 0 Å². The lowest BCUT2D eigenvalue weighted by Crippen LogP contribution is -2.36. The van der Waals surface area contributed by atoms with Gasteiger partial charge in [0.15, 0.2) is 0 Å². The lowest BCUT2D eigenvalue weighted by Gasteiger charge is -2.20. The second-order valence-corrected chi connectivity index (χ2v) is 7.67. The molecule has 156 valence electrons. The Kier molecular flexibility index (Phi) is 5.82. The highest BCUT2D eigenvalue weighted by molar-refractivity contribution is 6.31. The Bertz CT molecular complexity index is 1140. The molecule has 0 atom stereocenters. The number of amides is 2. The molecule has 0 unspecified atom stereocenters. The van der Waals surface area contributed by atoms with Gasteiger partial charge in [0.1, 0.15) is 0 Å². The molecule has 0 spiro atoms. The van der Waals surface area contributed by atoms with Gasteiger partial charge in [-0.1, -0.05) is 30.3 Å². The first kappa shape index (κ1) is 20.4. The topological polar surface area (TPSA) is 73.5 Å². The molecular weight excluding hydrogens is 388 g/mol. The van der Waals surface area contributed by atoms with Crippen molar-refractivity contribution < 1.29 is 9.59 Å². The number of carbonyl (C=O) groups is 2. The fourth-order valence-corrected chi connectivity index (χ4v) is 3.46. The second-order valence-electron chi connectivity index (χ2n) is 7.67. The van der Waals surface area contributed by atoms with E-state index in [2.05, 4.69) is 20.9 Å². The molecule has 3 aromatic rings. The zero-order valence-corrected chi connectivity index (χ0v) is 17.5. The smallest absolute Gasteiger partial charge is 0.260 e. The summed E-state index contributed by atoms with van der Waals surface area (Å²) in [4.78, 5) is 27.0. The second kappa shape index (κ2) is 8.85. The Morgan fingerprint density at radius 3 is 2.23 bits per heavy atom. The highest BCUT2D eigenvalue weighted by Crippen LogP contribution is 2.28. The molecule has 1 aliphatic rings. The summed E-state index contributed by atoms with van der Waals surface area (Å²) in [5, 5.41) is 8.90. The van der Waals surface area contributed by atoms with Crippen LogP contribution in [0.25, 0.3) is 5.57 Å². The van der Waals surface area contributed by atoms with Gasteiger partial charge in [-0.25, -0.2) is 0 Å². The van der Waals surface area contributed by atoms with Gasteiger partial charge in [-0.3, -0.25) is 14.9 Å². The first-order valence-corrected chi connectivity index (χ1v) is 10.0. The summed E-state index contributed by atoms with van der Waals surface area (Å²) < 4.78 is 0. The van der Waals surface area contributed by atoms with Gasteiger partial charge in [0.25, 0.3) is 11.8 Å². The Labute approximate surface area is 181 Å². The van der Waals surface area contributed by atoms with E-state index in [0.29, 0.717) is 16.7 Å². The van der Waals surface area contributed by atoms with Crippen LogP contribution in [0.15, 0.2) is 79.0 Å². The molecule has 31 heavy (non-hydrogen) atoms. The molecule has 6 heteroatoms. The lowest BCUT2D eigenvalue weighted by atomic mass is 9.94. The summed E-state index contributed by atoms with van der Waals surface area (Å²) in [7, 11) is 4.05. The van der Waals surface area contributed by atoms with Gasteiger partial charge in [0, 0.05) is 40.9 Å². The molecule has 0 radical (unpaired) electrons. The van der Waals surface area contributed by atoms with Gasteiger partial charge in [0.2, 0.25) is 0 Å². The molecule has 0 bridgehead atoms. The number of para-hydroxylation sites is 1. The largest absolute Gasteiger partial charge is 0.361 e. The van der Waals surface area contributed by atoms with E-state index in [0.717, 1.165) is 23.6 Å². The van der Waals surface area contributed by atoms with E-state index in [1.165, 1.54) is 5.56 Å². The number of nitrogens with zero attached hydrogens (tertiary/aromatic N) is 1. The summed E-state index contributed by atoms with van der Waals surface area (Å²) in [5.41, 5.74) is 5.25. The average Bonchev–Trinajstić information content (AvgIpc) is 2.75. The Morgan fingerprint density at radius 2 is 1.52 bits per heavy atom. The molecule has 0 aliphatic carbocycles. The minimum Gasteiger partial charge on any atom is -0.361 e. The van der Waals surface area contributed by atoms with Crippen LogP contribution in [-0.4, -0.2) is 30.8 Å². The van der Waals surface area contributed by atoms with E-state index < -0.39 is 11.8 Å². The van der Waals surface area contributed by atoms with E-state index in [9.17, 15) is 9.59 Å². The van der Waals surface area contributed by atoms with Crippen LogP contribution >= 0.6 is 0 Å². The van der Waals surface area contributed by atoms with Gasteiger partial charge in [-0.15, -0.1) is 0 Å². The third-order valence-corrected chi connectivity index (χ3v) is 4.92. The van der Waals surface area contributed by atoms with Crippen LogP contribution in [0.2, 0.25) is 0 Å². The number of hydrogen-bond acceptors (Lipinski definition) is 5. The van der Waals surface area contributed by atoms with E-state index in [1.807, 2.05) is 80.8 Å². The third kappa shape index (κ3) is 4.82. The van der Waals surface area contributed by atoms with E-state index in [-0.39, 0.29) is 0 Å². The van der Waals surface area contributed by atoms with Crippen LogP contribution in [0.1, 0.15) is 21.5 Å². The van der Waals surface area contributed by atoms with Crippen molar-refractivity contribution in [2.75, 3.05) is 24.7 Å². The van der Waals surface area contributed by atoms with Crippen molar-refractivity contribution in [1.82, 2.24) is 10.2 Å². The number of anilines is 3. The number of hydrogen-bond donors (Lipinski definition) is 3. The van der Waals surface area contributed by atoms with E-state index >= 15 is 0 Å². The van der Waals surface area contributed by atoms with E-state index in [1.54, 1.807) is 12.3 Å². The third-order valence-electron chi connectivity index (χ3n) is 4.92. The average molecular weight is 412 g/mol. The molecule has 3 N–H and O–H groups in total. The Hall–Kier alpha value is -3.90. The van der Waals surface area contributed by atoms with Gasteiger partial charge in [-0.05, 0) is 62.1 Å². The normalized spacial score (nSPS) is 14.4. The van der Waals surface area contributed by atoms with Crippen molar-refractivity contribution in [2.45, 2.75) is 6.54 Å². The van der Waals surface area contributed by atoms with Crippen molar-refractivity contribution in [3.05, 3.63) is 95.7 Å². The maximum atomic E-state index is 12.6. The van der Waals surface area contributed by atoms with Gasteiger partial charge in [-0.2, -0.15) is 0 Å². The standard InChI is InChI=1S/C25H24N4O2/c1-29(2)16-17-8-10-18(11-9-17)26-15-23-22-14-20(27-19-6-4-3-5-7-19)12-13-21(22)24(30)28-25(23)31/h3-15,26-27H,16H2,1-2H3,(H,28,30,31). The molecule has 4 rings (SSSR count). The quantitative estimate of drug-likeness (QED) is 0.418. The number of rotatable bonds is 6. The zero-order valence-electron chi connectivity index (χ0n) is 17.5. The monoisotopic (exact) mass is 412 g/mol. The van der Waals surface area contributed by atoms with Crippen molar-refractivity contribution in [1.29, 1.82) is 0 Å². The lowest BCUT2D eigenvalue weighted by molar-refractivity contribution is -0.114. The number of fused-ring (bicyclic) bond motifs is 1. The van der Waals surface area contributed by atoms with Crippen molar-refractivity contribution in [3.8, 4) is 0 Å². The molecule has 2 amide bonds. The van der Waals surface area contributed by atoms with Gasteiger partial charge < -0.3 is 15.5 Å². The molecule has 0 fully saturated rings. The number of nitrogens with one attached hydrogen (secondary N) is 3. The summed E-state index contributed by atoms with van der Waals surface area (Å²) in [6.45, 7) is 0.858. The molecule has 0 saturated carbocycles. The minimum absolute atomic E-state index is 0.392. The summed E-state index contributed by atoms with van der Waals surface area (Å²) >= 11 is 0. The van der Waals surface area contributed by atoms with Crippen molar-refractivity contribution in [2.24, 2.45) is 0 Å². The Morgan fingerprint density at radius 1 is 0.806 bits per heavy atom.